The Morgan fingerprint density at radius 2 is 2.00 bits per heavy atom. The van der Waals surface area contributed by atoms with Crippen molar-refractivity contribution in [2.45, 2.75) is 6.92 Å². The van der Waals surface area contributed by atoms with Crippen molar-refractivity contribution in [1.29, 1.82) is 0 Å². The molecule has 0 spiro atoms. The smallest absolute Gasteiger partial charge is 0.356 e. The van der Waals surface area contributed by atoms with E-state index in [0.717, 1.165) is 5.56 Å². The van der Waals surface area contributed by atoms with E-state index in [-0.39, 0.29) is 5.69 Å². The number of carbonyl (C=O) groups is 1. The van der Waals surface area contributed by atoms with Gasteiger partial charge in [-0.2, -0.15) is 0 Å². The van der Waals surface area contributed by atoms with E-state index in [2.05, 4.69) is 4.98 Å². The fourth-order valence-electron chi connectivity index (χ4n) is 2.18. The number of aromatic carboxylic acids is 1. The molecule has 0 unspecified atom stereocenters. The SMILES string of the molecule is Cc1ccc2c(C(=O)O)nc(-c3ccccc3Cl)n2c1. The van der Waals surface area contributed by atoms with Crippen LogP contribution in [0.2, 0.25) is 5.02 Å². The van der Waals surface area contributed by atoms with E-state index < -0.39 is 5.97 Å². The summed E-state index contributed by atoms with van der Waals surface area (Å²) >= 11 is 6.19. The fourth-order valence-corrected chi connectivity index (χ4v) is 2.40. The summed E-state index contributed by atoms with van der Waals surface area (Å²) in [6.45, 7) is 1.94. The molecule has 0 aliphatic rings. The van der Waals surface area contributed by atoms with E-state index in [1.165, 1.54) is 0 Å². The van der Waals surface area contributed by atoms with Crippen LogP contribution in [0.5, 0.6) is 0 Å². The summed E-state index contributed by atoms with van der Waals surface area (Å²) in [7, 11) is 0. The summed E-state index contributed by atoms with van der Waals surface area (Å²) in [6.07, 6.45) is 1.85. The van der Waals surface area contributed by atoms with Crippen LogP contribution < -0.4 is 0 Å². The number of imidazole rings is 1. The number of benzene rings is 1. The Hall–Kier alpha value is -2.33. The summed E-state index contributed by atoms with van der Waals surface area (Å²) in [5.41, 5.74) is 2.31. The van der Waals surface area contributed by atoms with Crippen LogP contribution in [0.15, 0.2) is 42.6 Å². The molecule has 2 aromatic heterocycles. The van der Waals surface area contributed by atoms with E-state index in [0.29, 0.717) is 21.9 Å². The highest BCUT2D eigenvalue weighted by Crippen LogP contribution is 2.29. The van der Waals surface area contributed by atoms with Gasteiger partial charge in [0, 0.05) is 11.8 Å². The normalized spacial score (nSPS) is 10.9. The number of aryl methyl sites for hydroxylation is 1. The van der Waals surface area contributed by atoms with Crippen LogP contribution in [0.1, 0.15) is 16.1 Å². The second-order valence-electron chi connectivity index (χ2n) is 4.53. The summed E-state index contributed by atoms with van der Waals surface area (Å²) in [6, 6.07) is 10.9. The van der Waals surface area contributed by atoms with E-state index >= 15 is 0 Å². The molecule has 3 aromatic rings. The molecule has 3 rings (SSSR count). The first kappa shape index (κ1) is 12.7. The van der Waals surface area contributed by atoms with Crippen molar-refractivity contribution in [3.05, 3.63) is 58.9 Å². The quantitative estimate of drug-likeness (QED) is 0.782. The molecule has 0 aliphatic carbocycles. The molecule has 0 aliphatic heterocycles. The summed E-state index contributed by atoms with van der Waals surface area (Å²) in [5.74, 6) is -0.517. The first-order valence-electron chi connectivity index (χ1n) is 6.05. The van der Waals surface area contributed by atoms with Crippen LogP contribution in [0, 0.1) is 6.92 Å². The Bertz CT molecular complexity index is 824. The number of pyridine rings is 1. The lowest BCUT2D eigenvalue weighted by Crippen LogP contribution is -1.97. The highest BCUT2D eigenvalue weighted by molar-refractivity contribution is 6.33. The number of rotatable bonds is 2. The number of halogens is 1. The van der Waals surface area contributed by atoms with Gasteiger partial charge in [-0.05, 0) is 30.7 Å². The van der Waals surface area contributed by atoms with E-state index in [9.17, 15) is 9.90 Å². The molecule has 2 heterocycles. The van der Waals surface area contributed by atoms with Crippen LogP contribution in [0.4, 0.5) is 0 Å². The molecule has 0 bridgehead atoms. The molecule has 0 radical (unpaired) electrons. The van der Waals surface area contributed by atoms with Gasteiger partial charge < -0.3 is 5.11 Å². The number of nitrogens with zero attached hydrogens (tertiary/aromatic N) is 2. The van der Waals surface area contributed by atoms with Crippen LogP contribution in [0.25, 0.3) is 16.9 Å². The molecule has 1 N–H and O–H groups in total. The Morgan fingerprint density at radius 1 is 1.25 bits per heavy atom. The molecule has 0 fully saturated rings. The first-order valence-corrected chi connectivity index (χ1v) is 6.42. The lowest BCUT2D eigenvalue weighted by atomic mass is 10.2. The van der Waals surface area contributed by atoms with Crippen LogP contribution in [-0.4, -0.2) is 20.5 Å². The monoisotopic (exact) mass is 286 g/mol. The Kier molecular flexibility index (Phi) is 2.95. The van der Waals surface area contributed by atoms with Gasteiger partial charge in [0.05, 0.1) is 10.5 Å². The molecular weight excluding hydrogens is 276 g/mol. The molecule has 0 saturated carbocycles. The minimum atomic E-state index is -1.05. The second kappa shape index (κ2) is 4.65. The highest BCUT2D eigenvalue weighted by Gasteiger charge is 2.18. The molecule has 5 heteroatoms. The molecule has 100 valence electrons. The van der Waals surface area contributed by atoms with Gasteiger partial charge in [-0.1, -0.05) is 29.8 Å². The molecular formula is C15H11ClN2O2. The standard InChI is InChI=1S/C15H11ClN2O2/c1-9-6-7-12-13(15(19)20)17-14(18(12)8-9)10-4-2-3-5-11(10)16/h2-8H,1H3,(H,19,20). The van der Waals surface area contributed by atoms with Crippen molar-refractivity contribution in [2.24, 2.45) is 0 Å². The lowest BCUT2D eigenvalue weighted by Gasteiger charge is -2.04. The van der Waals surface area contributed by atoms with Gasteiger partial charge in [-0.15, -0.1) is 0 Å². The van der Waals surface area contributed by atoms with Crippen molar-refractivity contribution in [1.82, 2.24) is 9.38 Å². The van der Waals surface area contributed by atoms with Crippen molar-refractivity contribution in [3.8, 4) is 11.4 Å². The van der Waals surface area contributed by atoms with E-state index in [4.69, 9.17) is 11.6 Å². The molecule has 0 saturated heterocycles. The van der Waals surface area contributed by atoms with Gasteiger partial charge in [0.15, 0.2) is 5.69 Å². The molecule has 0 amide bonds. The number of carboxylic acids is 1. The number of hydrogen-bond acceptors (Lipinski definition) is 2. The molecule has 0 atom stereocenters. The molecule has 20 heavy (non-hydrogen) atoms. The topological polar surface area (TPSA) is 54.6 Å². The van der Waals surface area contributed by atoms with Gasteiger partial charge in [-0.25, -0.2) is 9.78 Å². The number of aromatic nitrogens is 2. The largest absolute Gasteiger partial charge is 0.476 e. The maximum absolute atomic E-state index is 11.3. The molecule has 4 nitrogen and oxygen atoms in total. The van der Waals surface area contributed by atoms with Gasteiger partial charge in [0.25, 0.3) is 0 Å². The third-order valence-electron chi connectivity index (χ3n) is 3.10. The predicted octanol–water partition coefficient (Wildman–Crippen LogP) is 3.66. The van der Waals surface area contributed by atoms with Gasteiger partial charge in [-0.3, -0.25) is 4.40 Å². The highest BCUT2D eigenvalue weighted by atomic mass is 35.5. The zero-order valence-corrected chi connectivity index (χ0v) is 11.4. The van der Waals surface area contributed by atoms with Crippen molar-refractivity contribution in [2.75, 3.05) is 0 Å². The summed E-state index contributed by atoms with van der Waals surface area (Å²) in [4.78, 5) is 15.6. The van der Waals surface area contributed by atoms with Crippen LogP contribution in [-0.2, 0) is 0 Å². The van der Waals surface area contributed by atoms with Crippen LogP contribution in [0.3, 0.4) is 0 Å². The molecule has 1 aromatic carbocycles. The number of fused-ring (bicyclic) bond motifs is 1. The van der Waals surface area contributed by atoms with Crippen molar-refractivity contribution in [3.63, 3.8) is 0 Å². The maximum Gasteiger partial charge on any atom is 0.356 e. The maximum atomic E-state index is 11.3. The number of hydrogen-bond donors (Lipinski definition) is 1. The minimum absolute atomic E-state index is 0.0277. The second-order valence-corrected chi connectivity index (χ2v) is 4.94. The first-order chi connectivity index (χ1) is 9.58. The van der Waals surface area contributed by atoms with E-state index in [1.807, 2.05) is 37.4 Å². The Labute approximate surface area is 120 Å². The number of carboxylic acid groups (broad SMARTS) is 1. The third kappa shape index (κ3) is 1.94. The van der Waals surface area contributed by atoms with Crippen molar-refractivity contribution < 1.29 is 9.90 Å². The van der Waals surface area contributed by atoms with E-state index in [1.54, 1.807) is 16.5 Å². The van der Waals surface area contributed by atoms with Gasteiger partial charge in [0.2, 0.25) is 0 Å². The zero-order chi connectivity index (χ0) is 14.3. The summed E-state index contributed by atoms with van der Waals surface area (Å²) in [5, 5.41) is 9.81. The Morgan fingerprint density at radius 3 is 2.70 bits per heavy atom. The summed E-state index contributed by atoms with van der Waals surface area (Å²) < 4.78 is 1.76. The van der Waals surface area contributed by atoms with Crippen LogP contribution >= 0.6 is 11.6 Å². The Balaban J connectivity index is 2.39. The predicted molar refractivity (Wildman–Crippen MR) is 77.3 cm³/mol. The lowest BCUT2D eigenvalue weighted by molar-refractivity contribution is 0.0693. The fraction of sp³-hybridized carbons (Fsp3) is 0.0667. The zero-order valence-electron chi connectivity index (χ0n) is 10.7. The van der Waals surface area contributed by atoms with Gasteiger partial charge >= 0.3 is 5.97 Å². The average Bonchev–Trinajstić information content (AvgIpc) is 2.78. The van der Waals surface area contributed by atoms with Gasteiger partial charge in [0.1, 0.15) is 5.82 Å². The minimum Gasteiger partial charge on any atom is -0.476 e. The average molecular weight is 287 g/mol. The van der Waals surface area contributed by atoms with Crippen molar-refractivity contribution >= 4 is 23.1 Å². The third-order valence-corrected chi connectivity index (χ3v) is 3.43.